The number of carbonyl (C=O) groups is 2. The van der Waals surface area contributed by atoms with Crippen molar-refractivity contribution in [2.24, 2.45) is 0 Å². The molecule has 0 saturated carbocycles. The number of hydrogen-bond donors (Lipinski definition) is 3. The van der Waals surface area contributed by atoms with Crippen LogP contribution in [0.2, 0.25) is 0 Å². The molecule has 0 spiro atoms. The van der Waals surface area contributed by atoms with E-state index in [9.17, 15) is 19.8 Å². The van der Waals surface area contributed by atoms with Gasteiger partial charge in [0, 0.05) is 6.42 Å². The summed E-state index contributed by atoms with van der Waals surface area (Å²) in [6, 6.07) is -0.705. The molecule has 0 heterocycles. The molecule has 3 unspecified atom stereocenters. The number of rotatable bonds is 48. The molecule has 0 aliphatic carbocycles. The molecule has 6 heteroatoms. The molecule has 6 nitrogen and oxygen atoms in total. The third-order valence-electron chi connectivity index (χ3n) is 12.2. The molecule has 3 atom stereocenters. The van der Waals surface area contributed by atoms with Gasteiger partial charge in [-0.25, -0.2) is 0 Å². The largest absolute Gasteiger partial charge is 0.462 e. The van der Waals surface area contributed by atoms with Gasteiger partial charge in [0.25, 0.3) is 0 Å². The molecule has 0 aliphatic heterocycles. The molecule has 3 N–H and O–H groups in total. The molecule has 0 aromatic carbocycles. The van der Waals surface area contributed by atoms with Crippen molar-refractivity contribution in [1.29, 1.82) is 0 Å². The normalized spacial score (nSPS) is 13.5. The summed E-state index contributed by atoms with van der Waals surface area (Å²) < 4.78 is 5.93. The Labute approximate surface area is 379 Å². The van der Waals surface area contributed by atoms with Gasteiger partial charge in [-0.1, -0.05) is 224 Å². The number of allylic oxidation sites excluding steroid dienone is 6. The first-order chi connectivity index (χ1) is 30.0. The van der Waals surface area contributed by atoms with Crippen molar-refractivity contribution in [3.8, 4) is 0 Å². The molecule has 1 amide bonds. The minimum Gasteiger partial charge on any atom is -0.462 e. The molecular weight excluding hydrogens is 755 g/mol. The van der Waals surface area contributed by atoms with Crippen molar-refractivity contribution in [1.82, 2.24) is 5.32 Å². The molecule has 0 aliphatic rings. The third-order valence-corrected chi connectivity index (χ3v) is 12.2. The Balaban J connectivity index is 4.52. The van der Waals surface area contributed by atoms with Gasteiger partial charge in [-0.3, -0.25) is 9.59 Å². The first kappa shape index (κ1) is 59.1. The summed E-state index contributed by atoms with van der Waals surface area (Å²) in [5.74, 6) is -0.488. The van der Waals surface area contributed by atoms with Crippen LogP contribution in [0.25, 0.3) is 0 Å². The number of carbonyl (C=O) groups excluding carboxylic acids is 2. The van der Waals surface area contributed by atoms with E-state index in [2.05, 4.69) is 62.5 Å². The van der Waals surface area contributed by atoms with Crippen molar-refractivity contribution in [3.05, 3.63) is 36.5 Å². The number of amides is 1. The van der Waals surface area contributed by atoms with Crippen LogP contribution < -0.4 is 5.32 Å². The quantitative estimate of drug-likeness (QED) is 0.0245. The highest BCUT2D eigenvalue weighted by Gasteiger charge is 2.24. The smallest absolute Gasteiger partial charge is 0.306 e. The van der Waals surface area contributed by atoms with Gasteiger partial charge in [0.1, 0.15) is 6.10 Å². The number of esters is 1. The number of aliphatic hydroxyl groups excluding tert-OH is 2. The average molecular weight is 858 g/mol. The van der Waals surface area contributed by atoms with Crippen LogP contribution in [0.15, 0.2) is 36.5 Å². The lowest BCUT2D eigenvalue weighted by Gasteiger charge is -2.24. The first-order valence-electron chi connectivity index (χ1n) is 26.7. The predicted molar refractivity (Wildman–Crippen MR) is 264 cm³/mol. The van der Waals surface area contributed by atoms with Crippen molar-refractivity contribution in [3.63, 3.8) is 0 Å². The van der Waals surface area contributed by atoms with E-state index in [0.717, 1.165) is 77.0 Å². The summed E-state index contributed by atoms with van der Waals surface area (Å²) in [6.45, 7) is 6.44. The maximum Gasteiger partial charge on any atom is 0.306 e. The number of ether oxygens (including phenoxy) is 1. The summed E-state index contributed by atoms with van der Waals surface area (Å²) in [5.41, 5.74) is 0. The number of hydrogen-bond acceptors (Lipinski definition) is 5. The zero-order chi connectivity index (χ0) is 44.5. The zero-order valence-electron chi connectivity index (χ0n) is 40.8. The van der Waals surface area contributed by atoms with Crippen molar-refractivity contribution in [2.75, 3.05) is 6.61 Å². The van der Waals surface area contributed by atoms with Crippen LogP contribution in [-0.4, -0.2) is 46.9 Å². The second kappa shape index (κ2) is 49.1. The van der Waals surface area contributed by atoms with Gasteiger partial charge in [0.2, 0.25) is 5.91 Å². The lowest BCUT2D eigenvalue weighted by Crippen LogP contribution is -2.46. The van der Waals surface area contributed by atoms with Crippen LogP contribution in [0.3, 0.4) is 0 Å². The number of unbranched alkanes of at least 4 members (excludes halogenated alkanes) is 31. The molecular formula is C55H103NO5. The van der Waals surface area contributed by atoms with E-state index in [1.54, 1.807) is 0 Å². The molecule has 0 radical (unpaired) electrons. The van der Waals surface area contributed by atoms with Crippen LogP contribution in [-0.2, 0) is 14.3 Å². The van der Waals surface area contributed by atoms with Crippen LogP contribution in [0.5, 0.6) is 0 Å². The zero-order valence-corrected chi connectivity index (χ0v) is 40.8. The standard InChI is InChI=1S/C55H103NO5/c1-4-7-10-13-16-19-22-24-25-26-27-28-29-31-33-36-39-42-45-48-55(60)61-51(46-43-40-37-34-32-30-23-20-17-14-11-8-5-2)49-54(59)56-52(50-57)53(58)47-44-41-38-35-21-18-15-12-9-6-3/h17,20,23-25,30,51-53,57-58H,4-16,18-19,21-22,26-29,31-50H2,1-3H3,(H,56,59)/b20-17+,25-24+,30-23+. The average Bonchev–Trinajstić information content (AvgIpc) is 3.25. The van der Waals surface area contributed by atoms with Crippen molar-refractivity contribution >= 4 is 11.9 Å². The van der Waals surface area contributed by atoms with Crippen molar-refractivity contribution in [2.45, 2.75) is 296 Å². The van der Waals surface area contributed by atoms with E-state index in [1.165, 1.54) is 154 Å². The number of nitrogens with one attached hydrogen (secondary N) is 1. The Morgan fingerprint density at radius 2 is 0.836 bits per heavy atom. The lowest BCUT2D eigenvalue weighted by atomic mass is 10.0. The maximum atomic E-state index is 13.2. The Kier molecular flexibility index (Phi) is 47.6. The third kappa shape index (κ3) is 44.5. The summed E-state index contributed by atoms with van der Waals surface area (Å²) in [6.07, 6.45) is 57.8. The van der Waals surface area contributed by atoms with Gasteiger partial charge < -0.3 is 20.3 Å². The van der Waals surface area contributed by atoms with E-state index in [-0.39, 0.29) is 24.9 Å². The molecule has 0 aromatic heterocycles. The number of aliphatic hydroxyl groups is 2. The van der Waals surface area contributed by atoms with Gasteiger partial charge in [-0.2, -0.15) is 0 Å². The van der Waals surface area contributed by atoms with E-state index in [1.807, 2.05) is 0 Å². The van der Waals surface area contributed by atoms with Gasteiger partial charge in [-0.15, -0.1) is 0 Å². The van der Waals surface area contributed by atoms with Crippen molar-refractivity contribution < 1.29 is 24.5 Å². The van der Waals surface area contributed by atoms with Gasteiger partial charge in [0.05, 0.1) is 25.2 Å². The Morgan fingerprint density at radius 1 is 0.475 bits per heavy atom. The summed E-state index contributed by atoms with van der Waals surface area (Å²) >= 11 is 0. The maximum absolute atomic E-state index is 13.2. The summed E-state index contributed by atoms with van der Waals surface area (Å²) in [5, 5.41) is 23.7. The predicted octanol–water partition coefficient (Wildman–Crippen LogP) is 16.1. The van der Waals surface area contributed by atoms with E-state index >= 15 is 0 Å². The first-order valence-corrected chi connectivity index (χ1v) is 26.7. The fourth-order valence-corrected chi connectivity index (χ4v) is 8.12. The van der Waals surface area contributed by atoms with Crippen LogP contribution in [0, 0.1) is 0 Å². The highest BCUT2D eigenvalue weighted by atomic mass is 16.5. The molecule has 0 rings (SSSR count). The van der Waals surface area contributed by atoms with Crippen LogP contribution in [0.4, 0.5) is 0 Å². The second-order valence-corrected chi connectivity index (χ2v) is 18.3. The van der Waals surface area contributed by atoms with Crippen LogP contribution in [0.1, 0.15) is 278 Å². The molecule has 61 heavy (non-hydrogen) atoms. The van der Waals surface area contributed by atoms with E-state index < -0.39 is 18.2 Å². The SMILES string of the molecule is CCCCC/C=C/C=C/CCCCCCC(CC(=O)NC(CO)C(O)CCCCCCCCCCCC)OC(=O)CCCCCCCCCCC/C=C/CCCCCCCC. The fourth-order valence-electron chi connectivity index (χ4n) is 8.12. The molecule has 0 saturated heterocycles. The minimum absolute atomic E-state index is 0.0655. The topological polar surface area (TPSA) is 95.9 Å². The van der Waals surface area contributed by atoms with Gasteiger partial charge >= 0.3 is 5.97 Å². The molecule has 358 valence electrons. The molecule has 0 fully saturated rings. The Hall–Kier alpha value is -1.92. The summed E-state index contributed by atoms with van der Waals surface area (Å²) in [4.78, 5) is 26.1. The van der Waals surface area contributed by atoms with Gasteiger partial charge in [-0.05, 0) is 77.0 Å². The Morgan fingerprint density at radius 3 is 1.30 bits per heavy atom. The Bertz CT molecular complexity index is 1010. The summed E-state index contributed by atoms with van der Waals surface area (Å²) in [7, 11) is 0. The minimum atomic E-state index is -0.790. The fraction of sp³-hybridized carbons (Fsp3) is 0.855. The lowest BCUT2D eigenvalue weighted by molar-refractivity contribution is -0.151. The second-order valence-electron chi connectivity index (χ2n) is 18.3. The highest BCUT2D eigenvalue weighted by molar-refractivity contribution is 5.77. The van der Waals surface area contributed by atoms with E-state index in [0.29, 0.717) is 19.3 Å². The van der Waals surface area contributed by atoms with Crippen LogP contribution >= 0.6 is 0 Å². The van der Waals surface area contributed by atoms with E-state index in [4.69, 9.17) is 4.74 Å². The highest BCUT2D eigenvalue weighted by Crippen LogP contribution is 2.18. The van der Waals surface area contributed by atoms with Gasteiger partial charge in [0.15, 0.2) is 0 Å². The monoisotopic (exact) mass is 858 g/mol. The molecule has 0 aromatic rings. The molecule has 0 bridgehead atoms.